The Kier molecular flexibility index (Phi) is 4.01. The minimum absolute atomic E-state index is 0.0888. The molecule has 126 valence electrons. The zero-order chi connectivity index (χ0) is 17.6. The molecule has 4 rings (SSSR count). The van der Waals surface area contributed by atoms with Crippen molar-refractivity contribution in [1.82, 2.24) is 19.7 Å². The van der Waals surface area contributed by atoms with Crippen LogP contribution < -0.4 is 5.56 Å². The Morgan fingerprint density at radius 3 is 2.96 bits per heavy atom. The lowest BCUT2D eigenvalue weighted by molar-refractivity contribution is 0.369. The highest BCUT2D eigenvalue weighted by Crippen LogP contribution is 2.25. The fraction of sp³-hybridized carbons (Fsp3) is 0.176. The van der Waals surface area contributed by atoms with E-state index < -0.39 is 0 Å². The van der Waals surface area contributed by atoms with Gasteiger partial charge in [0.05, 0.1) is 11.7 Å². The van der Waals surface area contributed by atoms with Gasteiger partial charge in [-0.05, 0) is 31.5 Å². The van der Waals surface area contributed by atoms with Crippen molar-refractivity contribution in [3.63, 3.8) is 0 Å². The van der Waals surface area contributed by atoms with E-state index >= 15 is 0 Å². The van der Waals surface area contributed by atoms with Gasteiger partial charge in [0.15, 0.2) is 0 Å². The van der Waals surface area contributed by atoms with Gasteiger partial charge in [-0.15, -0.1) is 11.3 Å². The predicted molar refractivity (Wildman–Crippen MR) is 99.9 cm³/mol. The zero-order valence-electron chi connectivity index (χ0n) is 13.5. The molecule has 0 aliphatic carbocycles. The number of fused-ring (bicyclic) bond motifs is 1. The molecule has 3 heterocycles. The average Bonchev–Trinajstić information content (AvgIpc) is 3.16. The van der Waals surface area contributed by atoms with Crippen molar-refractivity contribution in [2.75, 3.05) is 0 Å². The van der Waals surface area contributed by atoms with Gasteiger partial charge in [-0.2, -0.15) is 4.98 Å². The number of hydrogen-bond acceptors (Lipinski definition) is 6. The summed E-state index contributed by atoms with van der Waals surface area (Å²) in [6, 6.07) is 7.64. The fourth-order valence-corrected chi connectivity index (χ4v) is 3.98. The number of hydrogen-bond donors (Lipinski definition) is 0. The quantitative estimate of drug-likeness (QED) is 0.505. The molecule has 6 nitrogen and oxygen atoms in total. The fourth-order valence-electron chi connectivity index (χ4n) is 2.59. The number of nitrogens with zero attached hydrogens (tertiary/aromatic N) is 4. The third-order valence-corrected chi connectivity index (χ3v) is 5.62. The summed E-state index contributed by atoms with van der Waals surface area (Å²) in [5.41, 5.74) is 1.73. The number of halogens is 1. The normalized spacial score (nSPS) is 11.3. The summed E-state index contributed by atoms with van der Waals surface area (Å²) in [5.74, 6) is 0.851. The van der Waals surface area contributed by atoms with Gasteiger partial charge in [-0.3, -0.25) is 9.36 Å². The van der Waals surface area contributed by atoms with Gasteiger partial charge >= 0.3 is 0 Å². The highest BCUT2D eigenvalue weighted by molar-refractivity contribution is 9.10. The van der Waals surface area contributed by atoms with Gasteiger partial charge < -0.3 is 4.52 Å². The first kappa shape index (κ1) is 16.2. The van der Waals surface area contributed by atoms with Crippen LogP contribution in [0.1, 0.15) is 16.3 Å². The molecular formula is C17H13BrN4O2S. The van der Waals surface area contributed by atoms with Crippen molar-refractivity contribution in [2.45, 2.75) is 20.4 Å². The lowest BCUT2D eigenvalue weighted by Crippen LogP contribution is -2.21. The predicted octanol–water partition coefficient (Wildman–Crippen LogP) is 3.94. The Bertz CT molecular complexity index is 1150. The molecule has 0 N–H and O–H groups in total. The Labute approximate surface area is 155 Å². The van der Waals surface area contributed by atoms with Gasteiger partial charge in [0.2, 0.25) is 11.7 Å². The molecular weight excluding hydrogens is 404 g/mol. The molecule has 0 amide bonds. The van der Waals surface area contributed by atoms with E-state index in [2.05, 4.69) is 31.1 Å². The van der Waals surface area contributed by atoms with E-state index in [4.69, 9.17) is 4.52 Å². The molecule has 0 spiro atoms. The molecule has 0 atom stereocenters. The van der Waals surface area contributed by atoms with E-state index in [0.717, 1.165) is 25.3 Å². The smallest absolute Gasteiger partial charge is 0.262 e. The van der Waals surface area contributed by atoms with Gasteiger partial charge in [0, 0.05) is 14.9 Å². The standard InChI is InChI=1S/C17H13BrN4O2S/c1-9-10(2)25-16-14(9)17(23)22(8-19-16)7-13-20-15(21-24-13)11-4-3-5-12(18)6-11/h3-6,8H,7H2,1-2H3. The molecule has 0 bridgehead atoms. The molecule has 3 aromatic heterocycles. The van der Waals surface area contributed by atoms with Crippen LogP contribution in [0.2, 0.25) is 0 Å². The van der Waals surface area contributed by atoms with Crippen LogP contribution in [0.15, 0.2) is 44.4 Å². The molecule has 0 unspecified atom stereocenters. The molecule has 8 heteroatoms. The van der Waals surface area contributed by atoms with E-state index in [1.165, 1.54) is 22.2 Å². The Hall–Kier alpha value is -2.32. The molecule has 0 radical (unpaired) electrons. The van der Waals surface area contributed by atoms with Crippen molar-refractivity contribution >= 4 is 37.5 Å². The monoisotopic (exact) mass is 416 g/mol. The lowest BCUT2D eigenvalue weighted by Gasteiger charge is -2.01. The van der Waals surface area contributed by atoms with Gasteiger partial charge in [-0.25, -0.2) is 4.98 Å². The summed E-state index contributed by atoms with van der Waals surface area (Å²) in [6.07, 6.45) is 1.53. The molecule has 25 heavy (non-hydrogen) atoms. The van der Waals surface area contributed by atoms with Gasteiger partial charge in [-0.1, -0.05) is 33.2 Å². The summed E-state index contributed by atoms with van der Waals surface area (Å²) < 4.78 is 7.74. The van der Waals surface area contributed by atoms with Crippen molar-refractivity contribution in [3.05, 3.63) is 61.8 Å². The molecule has 0 fully saturated rings. The highest BCUT2D eigenvalue weighted by Gasteiger charge is 2.15. The third kappa shape index (κ3) is 2.91. The Morgan fingerprint density at radius 1 is 1.32 bits per heavy atom. The van der Waals surface area contributed by atoms with Crippen molar-refractivity contribution in [1.29, 1.82) is 0 Å². The van der Waals surface area contributed by atoms with Crippen LogP contribution in [-0.4, -0.2) is 19.7 Å². The lowest BCUT2D eigenvalue weighted by atomic mass is 10.2. The molecule has 1 aromatic carbocycles. The van der Waals surface area contributed by atoms with E-state index in [0.29, 0.717) is 17.1 Å². The average molecular weight is 417 g/mol. The second kappa shape index (κ2) is 6.20. The maximum Gasteiger partial charge on any atom is 0.262 e. The molecule has 0 saturated carbocycles. The second-order valence-electron chi connectivity index (χ2n) is 5.66. The van der Waals surface area contributed by atoms with Crippen LogP contribution >= 0.6 is 27.3 Å². The largest absolute Gasteiger partial charge is 0.337 e. The molecule has 0 saturated heterocycles. The number of thiophene rings is 1. The van der Waals surface area contributed by atoms with Crippen molar-refractivity contribution in [2.24, 2.45) is 0 Å². The van der Waals surface area contributed by atoms with Crippen LogP contribution in [-0.2, 0) is 6.54 Å². The first-order chi connectivity index (χ1) is 12.0. The maximum atomic E-state index is 12.7. The van der Waals surface area contributed by atoms with Crippen LogP contribution in [0.5, 0.6) is 0 Å². The van der Waals surface area contributed by atoms with Gasteiger partial charge in [0.1, 0.15) is 11.4 Å². The highest BCUT2D eigenvalue weighted by atomic mass is 79.9. The first-order valence-corrected chi connectivity index (χ1v) is 9.17. The number of rotatable bonds is 3. The van der Waals surface area contributed by atoms with Crippen LogP contribution in [0.3, 0.4) is 0 Å². The Morgan fingerprint density at radius 2 is 2.16 bits per heavy atom. The third-order valence-electron chi connectivity index (χ3n) is 4.01. The molecule has 0 aliphatic rings. The summed E-state index contributed by atoms with van der Waals surface area (Å²) in [4.78, 5) is 23.4. The van der Waals surface area contributed by atoms with Gasteiger partial charge in [0.25, 0.3) is 5.56 Å². The number of benzene rings is 1. The zero-order valence-corrected chi connectivity index (χ0v) is 15.9. The first-order valence-electron chi connectivity index (χ1n) is 7.56. The van der Waals surface area contributed by atoms with E-state index in [1.54, 1.807) is 0 Å². The van der Waals surface area contributed by atoms with Crippen LogP contribution in [0, 0.1) is 13.8 Å². The summed E-state index contributed by atoms with van der Waals surface area (Å²) >= 11 is 4.95. The second-order valence-corrected chi connectivity index (χ2v) is 7.78. The SMILES string of the molecule is Cc1sc2ncn(Cc3nc(-c4cccc(Br)c4)no3)c(=O)c2c1C. The maximum absolute atomic E-state index is 12.7. The minimum Gasteiger partial charge on any atom is -0.337 e. The Balaban J connectivity index is 1.69. The summed E-state index contributed by atoms with van der Waals surface area (Å²) in [5, 5.41) is 4.66. The van der Waals surface area contributed by atoms with Crippen LogP contribution in [0.4, 0.5) is 0 Å². The topological polar surface area (TPSA) is 73.8 Å². The minimum atomic E-state index is -0.0888. The summed E-state index contributed by atoms with van der Waals surface area (Å²) in [7, 11) is 0. The van der Waals surface area contributed by atoms with Crippen molar-refractivity contribution < 1.29 is 4.52 Å². The van der Waals surface area contributed by atoms with E-state index in [9.17, 15) is 4.79 Å². The van der Waals surface area contributed by atoms with E-state index in [1.807, 2.05) is 38.1 Å². The van der Waals surface area contributed by atoms with E-state index in [-0.39, 0.29) is 12.1 Å². The van der Waals surface area contributed by atoms with Crippen molar-refractivity contribution in [3.8, 4) is 11.4 Å². The molecule has 0 aliphatic heterocycles. The van der Waals surface area contributed by atoms with Crippen LogP contribution in [0.25, 0.3) is 21.6 Å². The molecule has 4 aromatic rings. The summed E-state index contributed by atoms with van der Waals surface area (Å²) in [6.45, 7) is 4.13. The number of aryl methyl sites for hydroxylation is 2. The number of aromatic nitrogens is 4.